The van der Waals surface area contributed by atoms with Gasteiger partial charge in [-0.1, -0.05) is 13.8 Å². The fourth-order valence-corrected chi connectivity index (χ4v) is 3.22. The van der Waals surface area contributed by atoms with E-state index in [9.17, 15) is 14.9 Å². The molecular weight excluding hydrogens is 372 g/mol. The Balaban J connectivity index is 1.82. The highest BCUT2D eigenvalue weighted by molar-refractivity contribution is 6.01. The first-order valence-corrected chi connectivity index (χ1v) is 9.30. The number of carbonyl (C=O) groups is 2. The van der Waals surface area contributed by atoms with Crippen LogP contribution < -0.4 is 16.0 Å². The van der Waals surface area contributed by atoms with Crippen molar-refractivity contribution < 1.29 is 9.59 Å². The van der Waals surface area contributed by atoms with Crippen LogP contribution in [0.15, 0.2) is 24.7 Å². The number of amides is 2. The van der Waals surface area contributed by atoms with E-state index in [0.29, 0.717) is 24.5 Å². The summed E-state index contributed by atoms with van der Waals surface area (Å²) in [5.74, 6) is -0.149. The molecule has 0 spiro atoms. The molecule has 10 heteroatoms. The summed E-state index contributed by atoms with van der Waals surface area (Å²) in [6, 6.07) is 3.84. The number of nitrogens with one attached hydrogen (secondary N) is 1. The number of aromatic nitrogens is 4. The minimum absolute atomic E-state index is 0.0936. The van der Waals surface area contributed by atoms with Gasteiger partial charge < -0.3 is 11.1 Å². The van der Waals surface area contributed by atoms with Gasteiger partial charge in [-0.15, -0.1) is 0 Å². The molecule has 0 unspecified atom stereocenters. The highest BCUT2D eigenvalue weighted by Gasteiger charge is 2.50. The molecule has 0 aromatic carbocycles. The Kier molecular flexibility index (Phi) is 5.00. The van der Waals surface area contributed by atoms with Crippen LogP contribution in [0.2, 0.25) is 0 Å². The molecule has 0 saturated carbocycles. The maximum absolute atomic E-state index is 12.9. The van der Waals surface area contributed by atoms with Crippen LogP contribution in [-0.2, 0) is 15.1 Å². The van der Waals surface area contributed by atoms with Gasteiger partial charge in [0.1, 0.15) is 16.8 Å². The molecule has 152 valence electrons. The van der Waals surface area contributed by atoms with Crippen molar-refractivity contribution >= 4 is 29.3 Å². The van der Waals surface area contributed by atoms with Crippen molar-refractivity contribution in [3.8, 4) is 6.07 Å². The minimum atomic E-state index is -1.03. The minimum Gasteiger partial charge on any atom is -0.368 e. The zero-order valence-corrected chi connectivity index (χ0v) is 16.9. The Bertz CT molecular complexity index is 990. The van der Waals surface area contributed by atoms with E-state index < -0.39 is 16.9 Å². The summed E-state index contributed by atoms with van der Waals surface area (Å²) in [4.78, 5) is 34.6. The Morgan fingerprint density at radius 2 is 2.17 bits per heavy atom. The summed E-state index contributed by atoms with van der Waals surface area (Å²) in [6.45, 7) is 7.51. The van der Waals surface area contributed by atoms with E-state index in [1.165, 1.54) is 22.0 Å². The van der Waals surface area contributed by atoms with Crippen LogP contribution >= 0.6 is 0 Å². The number of nitriles is 1. The fourth-order valence-electron chi connectivity index (χ4n) is 3.22. The van der Waals surface area contributed by atoms with Gasteiger partial charge in [-0.3, -0.25) is 19.2 Å². The monoisotopic (exact) mass is 396 g/mol. The average Bonchev–Trinajstić information content (AvgIpc) is 3.27. The van der Waals surface area contributed by atoms with Crippen LogP contribution in [0, 0.1) is 22.7 Å². The number of anilines is 3. The van der Waals surface area contributed by atoms with Gasteiger partial charge in [-0.25, -0.2) is 4.98 Å². The standard InChI is InChI=1S/C19H24N8O2/c1-12(2)19(11-20)6-8-26(16(19)29)14-5-7-22-17(25-14)24-13-9-23-27(10-13)18(3,4)15(21)28/h5,7,9-10,12H,6,8H2,1-4H3,(H2,21,28)(H,22,24,25)/t19-/m1/s1. The topological polar surface area (TPSA) is 143 Å². The highest BCUT2D eigenvalue weighted by atomic mass is 16.2. The first-order valence-electron chi connectivity index (χ1n) is 9.30. The van der Waals surface area contributed by atoms with E-state index in [1.54, 1.807) is 26.1 Å². The van der Waals surface area contributed by atoms with Crippen LogP contribution in [-0.4, -0.2) is 38.1 Å². The van der Waals surface area contributed by atoms with E-state index in [0.717, 1.165) is 0 Å². The lowest BCUT2D eigenvalue weighted by atomic mass is 9.77. The summed E-state index contributed by atoms with van der Waals surface area (Å²) < 4.78 is 1.45. The van der Waals surface area contributed by atoms with Crippen molar-refractivity contribution in [2.24, 2.45) is 17.1 Å². The molecule has 1 aliphatic heterocycles. The normalized spacial score (nSPS) is 19.4. The van der Waals surface area contributed by atoms with Gasteiger partial charge in [0.2, 0.25) is 17.8 Å². The smallest absolute Gasteiger partial charge is 0.248 e. The summed E-state index contributed by atoms with van der Waals surface area (Å²) in [5.41, 5.74) is 3.97. The molecule has 1 fully saturated rings. The number of nitrogens with two attached hydrogens (primary N) is 1. The Hall–Kier alpha value is -3.48. The third kappa shape index (κ3) is 3.40. The van der Waals surface area contributed by atoms with E-state index >= 15 is 0 Å². The number of nitrogens with zero attached hydrogens (tertiary/aromatic N) is 6. The van der Waals surface area contributed by atoms with Crippen molar-refractivity contribution in [2.75, 3.05) is 16.8 Å². The van der Waals surface area contributed by atoms with E-state index in [4.69, 9.17) is 5.73 Å². The van der Waals surface area contributed by atoms with Crippen LogP contribution in [0.5, 0.6) is 0 Å². The Morgan fingerprint density at radius 3 is 2.76 bits per heavy atom. The molecule has 2 aromatic rings. The molecule has 1 atom stereocenters. The molecule has 3 heterocycles. The first kappa shape index (κ1) is 20.3. The Labute approximate surface area is 168 Å². The molecule has 2 aromatic heterocycles. The third-order valence-electron chi connectivity index (χ3n) is 5.47. The second-order valence-electron chi connectivity index (χ2n) is 7.90. The number of hydrogen-bond acceptors (Lipinski definition) is 7. The molecular formula is C19H24N8O2. The van der Waals surface area contributed by atoms with E-state index in [1.807, 2.05) is 13.8 Å². The fraction of sp³-hybridized carbons (Fsp3) is 0.474. The maximum atomic E-state index is 12.9. The van der Waals surface area contributed by atoms with Gasteiger partial charge in [0.25, 0.3) is 0 Å². The largest absolute Gasteiger partial charge is 0.368 e. The van der Waals surface area contributed by atoms with Crippen molar-refractivity contribution in [1.82, 2.24) is 19.7 Å². The molecule has 0 aliphatic carbocycles. The second-order valence-corrected chi connectivity index (χ2v) is 7.90. The molecule has 0 radical (unpaired) electrons. The van der Waals surface area contributed by atoms with Crippen molar-refractivity contribution in [2.45, 2.75) is 39.7 Å². The first-order chi connectivity index (χ1) is 13.6. The number of hydrogen-bond donors (Lipinski definition) is 2. The van der Waals surface area contributed by atoms with E-state index in [-0.39, 0.29) is 17.8 Å². The summed E-state index contributed by atoms with van der Waals surface area (Å²) in [6.07, 6.45) is 5.15. The van der Waals surface area contributed by atoms with Crippen molar-refractivity contribution in [1.29, 1.82) is 5.26 Å². The van der Waals surface area contributed by atoms with Crippen LogP contribution in [0.1, 0.15) is 34.1 Å². The summed E-state index contributed by atoms with van der Waals surface area (Å²) in [5, 5.41) is 16.8. The number of rotatable bonds is 6. The number of primary amides is 1. The SMILES string of the molecule is CC(C)[C@]1(C#N)CCN(c2ccnc(Nc3cnn(C(C)(C)C(N)=O)c3)n2)C1=O. The zero-order chi connectivity index (χ0) is 21.4. The average molecular weight is 396 g/mol. The van der Waals surface area contributed by atoms with Gasteiger partial charge in [-0.05, 0) is 32.3 Å². The lowest BCUT2D eigenvalue weighted by Gasteiger charge is -2.24. The molecule has 2 amide bonds. The molecule has 1 aliphatic rings. The molecule has 3 rings (SSSR count). The molecule has 1 saturated heterocycles. The molecule has 29 heavy (non-hydrogen) atoms. The van der Waals surface area contributed by atoms with Crippen molar-refractivity contribution in [3.05, 3.63) is 24.7 Å². The zero-order valence-electron chi connectivity index (χ0n) is 16.9. The van der Waals surface area contributed by atoms with Gasteiger partial charge >= 0.3 is 0 Å². The van der Waals surface area contributed by atoms with E-state index in [2.05, 4.69) is 26.5 Å². The summed E-state index contributed by atoms with van der Waals surface area (Å²) >= 11 is 0. The molecule has 0 bridgehead atoms. The summed E-state index contributed by atoms with van der Waals surface area (Å²) in [7, 11) is 0. The van der Waals surface area contributed by atoms with Crippen LogP contribution in [0.25, 0.3) is 0 Å². The quantitative estimate of drug-likeness (QED) is 0.754. The van der Waals surface area contributed by atoms with Gasteiger partial charge in [0.05, 0.1) is 18.0 Å². The van der Waals surface area contributed by atoms with Gasteiger partial charge in [0, 0.05) is 18.9 Å². The van der Waals surface area contributed by atoms with Gasteiger partial charge in [-0.2, -0.15) is 15.3 Å². The molecule has 10 nitrogen and oxygen atoms in total. The predicted molar refractivity (Wildman–Crippen MR) is 106 cm³/mol. The lowest BCUT2D eigenvalue weighted by Crippen LogP contribution is -2.41. The van der Waals surface area contributed by atoms with Gasteiger partial charge in [0.15, 0.2) is 0 Å². The molecule has 3 N–H and O–H groups in total. The van der Waals surface area contributed by atoms with Crippen LogP contribution in [0.3, 0.4) is 0 Å². The lowest BCUT2D eigenvalue weighted by molar-refractivity contribution is -0.125. The predicted octanol–water partition coefficient (Wildman–Crippen LogP) is 1.54. The highest BCUT2D eigenvalue weighted by Crippen LogP contribution is 2.40. The maximum Gasteiger partial charge on any atom is 0.248 e. The second kappa shape index (κ2) is 7.16. The van der Waals surface area contributed by atoms with Crippen molar-refractivity contribution in [3.63, 3.8) is 0 Å². The van der Waals surface area contributed by atoms with Crippen LogP contribution in [0.4, 0.5) is 17.5 Å². The number of carbonyl (C=O) groups excluding carboxylic acids is 2. The third-order valence-corrected chi connectivity index (χ3v) is 5.47. The Morgan fingerprint density at radius 1 is 1.45 bits per heavy atom.